The average molecular weight is 312 g/mol. The highest BCUT2D eigenvalue weighted by atomic mass is 79.9. The molecule has 1 aromatic carbocycles. The van der Waals surface area contributed by atoms with Gasteiger partial charge in [-0.05, 0) is 54.9 Å². The fourth-order valence-corrected chi connectivity index (χ4v) is 2.99. The lowest BCUT2D eigenvalue weighted by molar-refractivity contribution is -0.00525. The van der Waals surface area contributed by atoms with Crippen LogP contribution in [0.5, 0.6) is 0 Å². The molecular formula is C14H18BrNO2. The van der Waals surface area contributed by atoms with Crippen LogP contribution in [-0.4, -0.2) is 31.1 Å². The fourth-order valence-electron chi connectivity index (χ4n) is 2.36. The first-order chi connectivity index (χ1) is 8.47. The van der Waals surface area contributed by atoms with E-state index in [9.17, 15) is 4.79 Å². The second-order valence-corrected chi connectivity index (χ2v) is 5.74. The molecule has 98 valence electrons. The van der Waals surface area contributed by atoms with Gasteiger partial charge in [-0.2, -0.15) is 0 Å². The van der Waals surface area contributed by atoms with Gasteiger partial charge in [-0.15, -0.1) is 0 Å². The number of Topliss-reactive ketones (excluding diaryl/α,β-unsaturated/α-hetero) is 1. The Bertz CT molecular complexity index is 451. The third-order valence-electron chi connectivity index (χ3n) is 3.11. The van der Waals surface area contributed by atoms with Gasteiger partial charge in [-0.1, -0.05) is 0 Å². The van der Waals surface area contributed by atoms with Crippen LogP contribution >= 0.6 is 15.9 Å². The molecule has 0 bridgehead atoms. The summed E-state index contributed by atoms with van der Waals surface area (Å²) in [5.41, 5.74) is 1.86. The van der Waals surface area contributed by atoms with Crippen molar-refractivity contribution < 1.29 is 9.53 Å². The summed E-state index contributed by atoms with van der Waals surface area (Å²) in [6, 6.07) is 5.78. The number of carbonyl (C=O) groups excluding carboxylic acids is 1. The molecule has 1 saturated heterocycles. The number of ketones is 1. The highest BCUT2D eigenvalue weighted by Gasteiger charge is 2.23. The molecular weight excluding hydrogens is 294 g/mol. The van der Waals surface area contributed by atoms with Gasteiger partial charge in [0.05, 0.1) is 17.9 Å². The minimum absolute atomic E-state index is 0.0889. The van der Waals surface area contributed by atoms with E-state index in [0.717, 1.165) is 28.8 Å². The Hall–Kier alpha value is -0.870. The molecule has 1 aromatic rings. The number of carbonyl (C=O) groups is 1. The smallest absolute Gasteiger partial charge is 0.159 e. The van der Waals surface area contributed by atoms with Gasteiger partial charge < -0.3 is 9.64 Å². The van der Waals surface area contributed by atoms with Crippen LogP contribution in [0.25, 0.3) is 0 Å². The largest absolute Gasteiger partial charge is 0.372 e. The molecule has 0 radical (unpaired) electrons. The van der Waals surface area contributed by atoms with E-state index in [1.165, 1.54) is 0 Å². The number of nitrogens with zero attached hydrogens (tertiary/aromatic N) is 1. The highest BCUT2D eigenvalue weighted by molar-refractivity contribution is 9.10. The summed E-state index contributed by atoms with van der Waals surface area (Å²) >= 11 is 3.56. The maximum absolute atomic E-state index is 11.3. The lowest BCUT2D eigenvalue weighted by Gasteiger charge is -2.37. The van der Waals surface area contributed by atoms with Crippen molar-refractivity contribution in [2.24, 2.45) is 0 Å². The first-order valence-corrected chi connectivity index (χ1v) is 6.97. The lowest BCUT2D eigenvalue weighted by Crippen LogP contribution is -2.45. The third-order valence-corrected chi connectivity index (χ3v) is 3.75. The van der Waals surface area contributed by atoms with E-state index < -0.39 is 0 Å². The van der Waals surface area contributed by atoms with E-state index in [1.807, 2.05) is 18.2 Å². The van der Waals surface area contributed by atoms with Crippen molar-refractivity contribution in [1.29, 1.82) is 0 Å². The molecule has 2 unspecified atom stereocenters. The number of ether oxygens (including phenoxy) is 1. The predicted molar refractivity (Wildman–Crippen MR) is 76.4 cm³/mol. The summed E-state index contributed by atoms with van der Waals surface area (Å²) in [4.78, 5) is 13.6. The number of rotatable bonds is 2. The van der Waals surface area contributed by atoms with Crippen molar-refractivity contribution in [2.75, 3.05) is 18.0 Å². The molecule has 0 aliphatic carbocycles. The van der Waals surface area contributed by atoms with Crippen LogP contribution in [0.1, 0.15) is 31.1 Å². The van der Waals surface area contributed by atoms with Gasteiger partial charge in [0.2, 0.25) is 0 Å². The van der Waals surface area contributed by atoms with E-state index in [-0.39, 0.29) is 18.0 Å². The first-order valence-electron chi connectivity index (χ1n) is 6.18. The van der Waals surface area contributed by atoms with Gasteiger partial charge in [0.25, 0.3) is 0 Å². The number of hydrogen-bond donors (Lipinski definition) is 0. The Morgan fingerprint density at radius 2 is 1.94 bits per heavy atom. The van der Waals surface area contributed by atoms with Crippen LogP contribution in [0.2, 0.25) is 0 Å². The zero-order chi connectivity index (χ0) is 13.3. The SMILES string of the molecule is CC(=O)c1ccc(N2CC(C)OC(C)C2)c(Br)c1. The number of benzene rings is 1. The molecule has 0 N–H and O–H groups in total. The Labute approximate surface area is 116 Å². The number of hydrogen-bond acceptors (Lipinski definition) is 3. The van der Waals surface area contributed by atoms with Crippen molar-refractivity contribution in [1.82, 2.24) is 0 Å². The monoisotopic (exact) mass is 311 g/mol. The minimum Gasteiger partial charge on any atom is -0.372 e. The molecule has 1 fully saturated rings. The summed E-state index contributed by atoms with van der Waals surface area (Å²) in [6.07, 6.45) is 0.460. The molecule has 1 aliphatic rings. The molecule has 0 amide bonds. The van der Waals surface area contributed by atoms with Crippen LogP contribution in [0.3, 0.4) is 0 Å². The summed E-state index contributed by atoms with van der Waals surface area (Å²) < 4.78 is 6.70. The summed E-state index contributed by atoms with van der Waals surface area (Å²) in [6.45, 7) is 7.51. The molecule has 0 aromatic heterocycles. The fraction of sp³-hybridized carbons (Fsp3) is 0.500. The second-order valence-electron chi connectivity index (χ2n) is 4.88. The van der Waals surface area contributed by atoms with Gasteiger partial charge in [-0.3, -0.25) is 4.79 Å². The molecule has 4 heteroatoms. The third kappa shape index (κ3) is 2.93. The number of anilines is 1. The Morgan fingerprint density at radius 3 is 2.44 bits per heavy atom. The molecule has 1 aliphatic heterocycles. The molecule has 1 heterocycles. The van der Waals surface area contributed by atoms with Crippen LogP contribution in [0, 0.1) is 0 Å². The van der Waals surface area contributed by atoms with E-state index in [2.05, 4.69) is 34.7 Å². The minimum atomic E-state index is 0.0889. The number of morpholine rings is 1. The normalized spacial score (nSPS) is 24.1. The van der Waals surface area contributed by atoms with Crippen LogP contribution in [0.15, 0.2) is 22.7 Å². The van der Waals surface area contributed by atoms with Crippen LogP contribution in [0.4, 0.5) is 5.69 Å². The van der Waals surface area contributed by atoms with Crippen molar-refractivity contribution in [3.63, 3.8) is 0 Å². The molecule has 0 spiro atoms. The van der Waals surface area contributed by atoms with Gasteiger partial charge in [0, 0.05) is 23.1 Å². The predicted octanol–water partition coefficient (Wildman–Crippen LogP) is 3.27. The second kappa shape index (κ2) is 5.41. The maximum Gasteiger partial charge on any atom is 0.159 e. The molecule has 2 atom stereocenters. The Kier molecular flexibility index (Phi) is 4.07. The zero-order valence-electron chi connectivity index (χ0n) is 10.9. The van der Waals surface area contributed by atoms with Crippen LogP contribution in [-0.2, 0) is 4.74 Å². The molecule has 18 heavy (non-hydrogen) atoms. The number of halogens is 1. The van der Waals surface area contributed by atoms with Gasteiger partial charge >= 0.3 is 0 Å². The Morgan fingerprint density at radius 1 is 1.33 bits per heavy atom. The van der Waals surface area contributed by atoms with E-state index >= 15 is 0 Å². The quantitative estimate of drug-likeness (QED) is 0.785. The topological polar surface area (TPSA) is 29.5 Å². The maximum atomic E-state index is 11.3. The van der Waals surface area contributed by atoms with Gasteiger partial charge in [-0.25, -0.2) is 0 Å². The van der Waals surface area contributed by atoms with Crippen molar-refractivity contribution in [3.8, 4) is 0 Å². The van der Waals surface area contributed by atoms with Crippen LogP contribution < -0.4 is 4.90 Å². The standard InChI is InChI=1S/C14H18BrNO2/c1-9-7-16(8-10(2)18-9)14-5-4-12(11(3)17)6-13(14)15/h4-6,9-10H,7-8H2,1-3H3. The van der Waals surface area contributed by atoms with Crippen molar-refractivity contribution >= 4 is 27.4 Å². The molecule has 3 nitrogen and oxygen atoms in total. The van der Waals surface area contributed by atoms with E-state index in [1.54, 1.807) is 6.92 Å². The van der Waals surface area contributed by atoms with E-state index in [0.29, 0.717) is 0 Å². The van der Waals surface area contributed by atoms with Gasteiger partial charge in [0.1, 0.15) is 0 Å². The lowest BCUT2D eigenvalue weighted by atomic mass is 10.1. The van der Waals surface area contributed by atoms with E-state index in [4.69, 9.17) is 4.74 Å². The Balaban J connectivity index is 2.25. The first kappa shape index (κ1) is 13.6. The average Bonchev–Trinajstić information content (AvgIpc) is 2.27. The van der Waals surface area contributed by atoms with Gasteiger partial charge in [0.15, 0.2) is 5.78 Å². The van der Waals surface area contributed by atoms with Crippen molar-refractivity contribution in [2.45, 2.75) is 33.0 Å². The summed E-state index contributed by atoms with van der Waals surface area (Å²) in [7, 11) is 0. The molecule has 0 saturated carbocycles. The zero-order valence-corrected chi connectivity index (χ0v) is 12.5. The summed E-state index contributed by atoms with van der Waals surface area (Å²) in [5.74, 6) is 0.0889. The highest BCUT2D eigenvalue weighted by Crippen LogP contribution is 2.29. The molecule has 2 rings (SSSR count). The van der Waals surface area contributed by atoms with Crippen molar-refractivity contribution in [3.05, 3.63) is 28.2 Å². The summed E-state index contributed by atoms with van der Waals surface area (Å²) in [5, 5.41) is 0.